The number of carbonyl (C=O) groups excluding carboxylic acids is 2. The number of amides is 2. The van der Waals surface area contributed by atoms with Crippen molar-refractivity contribution in [3.8, 4) is 11.8 Å². The lowest BCUT2D eigenvalue weighted by Gasteiger charge is -2.15. The number of hydrogen-bond acceptors (Lipinski definition) is 6. The fourth-order valence-corrected chi connectivity index (χ4v) is 2.47. The Morgan fingerprint density at radius 3 is 2.81 bits per heavy atom. The van der Waals surface area contributed by atoms with Gasteiger partial charge in [-0.05, 0) is 25.1 Å². The molecule has 0 spiro atoms. The van der Waals surface area contributed by atoms with E-state index < -0.39 is 18.9 Å². The van der Waals surface area contributed by atoms with E-state index in [1.54, 1.807) is 19.1 Å². The molecule has 1 N–H and O–H groups in total. The number of rotatable bonds is 5. The normalized spacial score (nSPS) is 12.6. The van der Waals surface area contributed by atoms with E-state index in [0.29, 0.717) is 11.3 Å². The molecule has 0 atom stereocenters. The maximum absolute atomic E-state index is 12.7. The molecule has 0 fully saturated rings. The number of alkyl halides is 2. The van der Waals surface area contributed by atoms with E-state index >= 15 is 0 Å². The Hall–Kier alpha value is -3.30. The molecular formula is C17H16F2N4O4. The molecule has 10 heteroatoms. The maximum atomic E-state index is 12.7. The van der Waals surface area contributed by atoms with Crippen LogP contribution in [0.15, 0.2) is 24.3 Å². The van der Waals surface area contributed by atoms with Gasteiger partial charge in [0.2, 0.25) is 11.8 Å². The molecule has 0 saturated carbocycles. The second-order valence-electron chi connectivity index (χ2n) is 5.81. The van der Waals surface area contributed by atoms with Crippen LogP contribution in [0.3, 0.4) is 0 Å². The van der Waals surface area contributed by atoms with Crippen molar-refractivity contribution in [2.45, 2.75) is 26.8 Å². The number of ether oxygens (including phenoxy) is 1. The highest BCUT2D eigenvalue weighted by atomic mass is 19.3. The molecule has 142 valence electrons. The van der Waals surface area contributed by atoms with Crippen LogP contribution in [0.1, 0.15) is 28.5 Å². The van der Waals surface area contributed by atoms with Gasteiger partial charge in [0.25, 0.3) is 18.2 Å². The van der Waals surface area contributed by atoms with Crippen molar-refractivity contribution in [3.63, 3.8) is 0 Å². The Kier molecular flexibility index (Phi) is 5.15. The Morgan fingerprint density at radius 2 is 2.11 bits per heavy atom. The molecule has 0 saturated heterocycles. The van der Waals surface area contributed by atoms with E-state index in [1.807, 2.05) is 0 Å². The zero-order chi connectivity index (χ0) is 19.6. The minimum absolute atomic E-state index is 0.0175. The summed E-state index contributed by atoms with van der Waals surface area (Å²) >= 11 is 0. The van der Waals surface area contributed by atoms with E-state index in [9.17, 15) is 18.4 Å². The molecule has 0 aliphatic carbocycles. The summed E-state index contributed by atoms with van der Waals surface area (Å²) in [7, 11) is 0. The highest BCUT2D eigenvalue weighted by molar-refractivity contribution is 5.96. The van der Waals surface area contributed by atoms with Gasteiger partial charge in [-0.1, -0.05) is 0 Å². The summed E-state index contributed by atoms with van der Waals surface area (Å²) < 4.78 is 29.3. The molecule has 8 nitrogen and oxygen atoms in total. The van der Waals surface area contributed by atoms with Crippen LogP contribution in [0.2, 0.25) is 0 Å². The predicted molar refractivity (Wildman–Crippen MR) is 89.5 cm³/mol. The molecule has 3 heterocycles. The first kappa shape index (κ1) is 18.5. The van der Waals surface area contributed by atoms with Crippen LogP contribution in [0, 0.1) is 6.92 Å². The molecule has 3 rings (SSSR count). The third kappa shape index (κ3) is 4.46. The number of pyridine rings is 2. The zero-order valence-corrected chi connectivity index (χ0v) is 14.5. The predicted octanol–water partition coefficient (Wildman–Crippen LogP) is 2.34. The molecule has 27 heavy (non-hydrogen) atoms. The largest absolute Gasteiger partial charge is 0.472 e. The van der Waals surface area contributed by atoms with Crippen LogP contribution < -0.4 is 14.9 Å². The monoisotopic (exact) mass is 378 g/mol. The summed E-state index contributed by atoms with van der Waals surface area (Å²) in [5, 5.41) is 3.61. The van der Waals surface area contributed by atoms with Gasteiger partial charge in [-0.15, -0.1) is 0 Å². The van der Waals surface area contributed by atoms with Crippen molar-refractivity contribution in [1.82, 2.24) is 15.0 Å². The van der Waals surface area contributed by atoms with Crippen molar-refractivity contribution in [2.24, 2.45) is 0 Å². The van der Waals surface area contributed by atoms with Crippen LogP contribution >= 0.6 is 0 Å². The van der Waals surface area contributed by atoms with E-state index in [2.05, 4.69) is 15.3 Å². The van der Waals surface area contributed by atoms with Gasteiger partial charge in [0, 0.05) is 29.8 Å². The molecule has 1 aliphatic heterocycles. The molecular weight excluding hydrogens is 362 g/mol. The van der Waals surface area contributed by atoms with Gasteiger partial charge in [0.1, 0.15) is 5.82 Å². The van der Waals surface area contributed by atoms with E-state index in [0.717, 1.165) is 5.06 Å². The van der Waals surface area contributed by atoms with Gasteiger partial charge >= 0.3 is 0 Å². The van der Waals surface area contributed by atoms with Crippen molar-refractivity contribution >= 4 is 17.6 Å². The van der Waals surface area contributed by atoms with E-state index in [1.165, 1.54) is 19.1 Å². The number of carbonyl (C=O) groups is 2. The van der Waals surface area contributed by atoms with Crippen molar-refractivity contribution in [1.29, 1.82) is 0 Å². The van der Waals surface area contributed by atoms with Crippen LogP contribution in [0.4, 0.5) is 14.6 Å². The number of nitrogens with zero attached hydrogens (tertiary/aromatic N) is 3. The average molecular weight is 378 g/mol. The van der Waals surface area contributed by atoms with E-state index in [4.69, 9.17) is 9.57 Å². The first-order chi connectivity index (χ1) is 12.8. The first-order valence-corrected chi connectivity index (χ1v) is 7.99. The summed E-state index contributed by atoms with van der Waals surface area (Å²) in [6.07, 6.45) is -2.62. The lowest BCUT2D eigenvalue weighted by molar-refractivity contribution is -0.114. The molecule has 0 bridgehead atoms. The second kappa shape index (κ2) is 7.52. The van der Waals surface area contributed by atoms with Crippen LogP contribution in [-0.2, 0) is 11.3 Å². The molecule has 0 aromatic carbocycles. The Bertz CT molecular complexity index is 891. The van der Waals surface area contributed by atoms with E-state index in [-0.39, 0.29) is 35.6 Å². The summed E-state index contributed by atoms with van der Waals surface area (Å²) in [6.45, 7) is 2.38. The highest BCUT2D eigenvalue weighted by Crippen LogP contribution is 2.29. The van der Waals surface area contributed by atoms with Gasteiger partial charge in [0.05, 0.1) is 6.54 Å². The van der Waals surface area contributed by atoms with Gasteiger partial charge in [-0.3, -0.25) is 9.59 Å². The maximum Gasteiger partial charge on any atom is 0.287 e. The SMILES string of the molecule is CC(=O)Nc1cc(C(=O)N2Cc3ccc(OCC(F)F)nc3O2)cc(C)n1. The summed E-state index contributed by atoms with van der Waals surface area (Å²) in [5.74, 6) is -0.417. The third-order valence-corrected chi connectivity index (χ3v) is 3.51. The van der Waals surface area contributed by atoms with Crippen LogP contribution in [0.5, 0.6) is 11.8 Å². The van der Waals surface area contributed by atoms with Crippen molar-refractivity contribution < 1.29 is 27.9 Å². The Labute approximate surface area is 153 Å². The minimum Gasteiger partial charge on any atom is -0.472 e. The second-order valence-corrected chi connectivity index (χ2v) is 5.81. The number of halogens is 2. The number of hydroxylamine groups is 2. The summed E-state index contributed by atoms with van der Waals surface area (Å²) in [6, 6.07) is 6.03. The van der Waals surface area contributed by atoms with Crippen molar-refractivity contribution in [2.75, 3.05) is 11.9 Å². The number of anilines is 1. The average Bonchev–Trinajstić information content (AvgIpc) is 3.01. The number of hydrogen-bond donors (Lipinski definition) is 1. The Morgan fingerprint density at radius 1 is 1.33 bits per heavy atom. The Balaban J connectivity index is 1.75. The van der Waals surface area contributed by atoms with Crippen LogP contribution in [-0.4, -0.2) is 39.9 Å². The molecule has 2 amide bonds. The smallest absolute Gasteiger partial charge is 0.287 e. The summed E-state index contributed by atoms with van der Waals surface area (Å²) in [5.41, 5.74) is 1.43. The molecule has 2 aromatic rings. The van der Waals surface area contributed by atoms with Crippen molar-refractivity contribution in [3.05, 3.63) is 41.1 Å². The van der Waals surface area contributed by atoms with Crippen LogP contribution in [0.25, 0.3) is 0 Å². The number of aryl methyl sites for hydroxylation is 1. The lowest BCUT2D eigenvalue weighted by atomic mass is 10.2. The molecule has 1 aliphatic rings. The third-order valence-electron chi connectivity index (χ3n) is 3.51. The number of nitrogens with one attached hydrogen (secondary N) is 1. The first-order valence-electron chi connectivity index (χ1n) is 7.99. The lowest BCUT2D eigenvalue weighted by Crippen LogP contribution is -2.29. The molecule has 0 radical (unpaired) electrons. The van der Waals surface area contributed by atoms with Gasteiger partial charge in [-0.2, -0.15) is 10.0 Å². The quantitative estimate of drug-likeness (QED) is 0.858. The number of aromatic nitrogens is 2. The fraction of sp³-hybridized carbons (Fsp3) is 0.294. The highest BCUT2D eigenvalue weighted by Gasteiger charge is 2.29. The topological polar surface area (TPSA) is 93.7 Å². The number of fused-ring (bicyclic) bond motifs is 1. The zero-order valence-electron chi connectivity index (χ0n) is 14.5. The van der Waals surface area contributed by atoms with Gasteiger partial charge < -0.3 is 14.9 Å². The van der Waals surface area contributed by atoms with Gasteiger partial charge in [-0.25, -0.2) is 13.8 Å². The minimum atomic E-state index is -2.62. The molecule has 2 aromatic heterocycles. The molecule has 0 unspecified atom stereocenters. The fourth-order valence-electron chi connectivity index (χ4n) is 2.47. The summed E-state index contributed by atoms with van der Waals surface area (Å²) in [4.78, 5) is 37.5. The van der Waals surface area contributed by atoms with Gasteiger partial charge in [0.15, 0.2) is 6.61 Å². The standard InChI is InChI=1S/C17H16F2N4O4/c1-9-5-12(6-14(20-9)21-10(2)24)17(25)23-7-11-3-4-15(22-16(11)27-23)26-8-13(18)19/h3-6,13H,7-8H2,1-2H3,(H,20,21,24).